The Morgan fingerprint density at radius 1 is 1.43 bits per heavy atom. The molecule has 1 atom stereocenters. The number of hydrogen-bond donors (Lipinski definition) is 2. The van der Waals surface area contributed by atoms with Crippen LogP contribution < -0.4 is 5.32 Å². The van der Waals surface area contributed by atoms with Crippen molar-refractivity contribution in [3.63, 3.8) is 0 Å². The third kappa shape index (κ3) is 4.97. The Labute approximate surface area is 134 Å². The minimum Gasteiger partial charge on any atom is -0.508 e. The summed E-state index contributed by atoms with van der Waals surface area (Å²) in [5, 5.41) is 21.4. The highest BCUT2D eigenvalue weighted by molar-refractivity contribution is 6.01. The number of nitrogens with one attached hydrogen (secondary N) is 1. The van der Waals surface area contributed by atoms with Gasteiger partial charge in [0.05, 0.1) is 0 Å². The van der Waals surface area contributed by atoms with Crippen LogP contribution in [0, 0.1) is 11.3 Å². The van der Waals surface area contributed by atoms with Crippen molar-refractivity contribution in [1.29, 1.82) is 5.26 Å². The lowest BCUT2D eigenvalue weighted by Crippen LogP contribution is -2.34. The SMILES string of the molecule is CC(Cc1cccnc1)NC(=O)/C(C#N)=C/c1cccc(O)c1. The summed E-state index contributed by atoms with van der Waals surface area (Å²) in [6, 6.07) is 11.9. The molecule has 0 bridgehead atoms. The number of aromatic nitrogens is 1. The normalized spacial score (nSPS) is 12.3. The Balaban J connectivity index is 2.04. The summed E-state index contributed by atoms with van der Waals surface area (Å²) in [4.78, 5) is 16.2. The van der Waals surface area contributed by atoms with Gasteiger partial charge in [-0.05, 0) is 48.7 Å². The maximum absolute atomic E-state index is 12.2. The average molecular weight is 307 g/mol. The van der Waals surface area contributed by atoms with Crippen LogP contribution in [-0.4, -0.2) is 22.0 Å². The largest absolute Gasteiger partial charge is 0.508 e. The molecule has 1 amide bonds. The molecular formula is C18H17N3O2. The van der Waals surface area contributed by atoms with Crippen LogP contribution in [0.1, 0.15) is 18.1 Å². The Kier molecular flexibility index (Phi) is 5.48. The first-order valence-corrected chi connectivity index (χ1v) is 7.19. The highest BCUT2D eigenvalue weighted by Gasteiger charge is 2.13. The van der Waals surface area contributed by atoms with Crippen molar-refractivity contribution in [2.75, 3.05) is 0 Å². The van der Waals surface area contributed by atoms with Crippen molar-refractivity contribution in [1.82, 2.24) is 10.3 Å². The molecular weight excluding hydrogens is 290 g/mol. The number of carbonyl (C=O) groups is 1. The van der Waals surface area contributed by atoms with E-state index in [0.717, 1.165) is 5.56 Å². The molecule has 2 N–H and O–H groups in total. The first-order valence-electron chi connectivity index (χ1n) is 7.19. The van der Waals surface area contributed by atoms with Crippen LogP contribution in [-0.2, 0) is 11.2 Å². The van der Waals surface area contributed by atoms with Crippen LogP contribution in [0.25, 0.3) is 6.08 Å². The third-order valence-corrected chi connectivity index (χ3v) is 3.19. The van der Waals surface area contributed by atoms with E-state index in [1.807, 2.05) is 25.1 Å². The summed E-state index contributed by atoms with van der Waals surface area (Å²) in [7, 11) is 0. The molecule has 2 aromatic rings. The van der Waals surface area contributed by atoms with Crippen LogP contribution in [0.4, 0.5) is 0 Å². The molecule has 0 fully saturated rings. The van der Waals surface area contributed by atoms with E-state index in [9.17, 15) is 15.2 Å². The molecule has 0 aliphatic heterocycles. The predicted molar refractivity (Wildman–Crippen MR) is 87.2 cm³/mol. The molecule has 1 aromatic carbocycles. The fourth-order valence-corrected chi connectivity index (χ4v) is 2.15. The maximum Gasteiger partial charge on any atom is 0.262 e. The van der Waals surface area contributed by atoms with Gasteiger partial charge in [0.1, 0.15) is 17.4 Å². The summed E-state index contributed by atoms with van der Waals surface area (Å²) in [6.45, 7) is 1.87. The Bertz CT molecular complexity index is 748. The van der Waals surface area contributed by atoms with Gasteiger partial charge >= 0.3 is 0 Å². The predicted octanol–water partition coefficient (Wildman–Crippen LogP) is 2.44. The zero-order valence-electron chi connectivity index (χ0n) is 12.7. The van der Waals surface area contributed by atoms with E-state index in [1.54, 1.807) is 24.5 Å². The first-order chi connectivity index (χ1) is 11.1. The molecule has 1 heterocycles. The van der Waals surface area contributed by atoms with Gasteiger partial charge in [0.15, 0.2) is 0 Å². The molecule has 5 heteroatoms. The number of carbonyl (C=O) groups excluding carboxylic acids is 1. The number of benzene rings is 1. The lowest BCUT2D eigenvalue weighted by Gasteiger charge is -2.13. The van der Waals surface area contributed by atoms with Gasteiger partial charge in [0, 0.05) is 18.4 Å². The van der Waals surface area contributed by atoms with Gasteiger partial charge in [-0.3, -0.25) is 9.78 Å². The van der Waals surface area contributed by atoms with Crippen molar-refractivity contribution in [3.8, 4) is 11.8 Å². The number of nitriles is 1. The molecule has 116 valence electrons. The number of hydrogen-bond acceptors (Lipinski definition) is 4. The molecule has 1 aromatic heterocycles. The van der Waals surface area contributed by atoms with E-state index in [0.29, 0.717) is 12.0 Å². The van der Waals surface area contributed by atoms with Gasteiger partial charge in [-0.1, -0.05) is 18.2 Å². The second kappa shape index (κ2) is 7.76. The number of rotatable bonds is 5. The van der Waals surface area contributed by atoms with E-state index >= 15 is 0 Å². The summed E-state index contributed by atoms with van der Waals surface area (Å²) in [5.74, 6) is -0.353. The molecule has 0 saturated heterocycles. The van der Waals surface area contributed by atoms with Crippen LogP contribution >= 0.6 is 0 Å². The van der Waals surface area contributed by atoms with Crippen molar-refractivity contribution in [2.24, 2.45) is 0 Å². The summed E-state index contributed by atoms with van der Waals surface area (Å²) in [5.41, 5.74) is 1.60. The zero-order valence-corrected chi connectivity index (χ0v) is 12.7. The standard InChI is InChI=1S/C18H17N3O2/c1-13(8-15-5-3-7-20-12-15)21-18(23)16(11-19)9-14-4-2-6-17(22)10-14/h2-7,9-10,12-13,22H,8H2,1H3,(H,21,23)/b16-9+. The van der Waals surface area contributed by atoms with Gasteiger partial charge in [0.2, 0.25) is 0 Å². The van der Waals surface area contributed by atoms with Crippen LogP contribution in [0.3, 0.4) is 0 Å². The van der Waals surface area contributed by atoms with Gasteiger partial charge < -0.3 is 10.4 Å². The first kappa shape index (κ1) is 16.2. The molecule has 0 aliphatic rings. The van der Waals surface area contributed by atoms with Crippen molar-refractivity contribution >= 4 is 12.0 Å². The second-order valence-electron chi connectivity index (χ2n) is 5.20. The number of aromatic hydroxyl groups is 1. The molecule has 2 rings (SSSR count). The van der Waals surface area contributed by atoms with Crippen molar-refractivity contribution in [3.05, 3.63) is 65.5 Å². The second-order valence-corrected chi connectivity index (χ2v) is 5.20. The number of nitrogens with zero attached hydrogens (tertiary/aromatic N) is 2. The topological polar surface area (TPSA) is 86.0 Å². The van der Waals surface area contributed by atoms with E-state index in [1.165, 1.54) is 18.2 Å². The molecule has 0 aliphatic carbocycles. The highest BCUT2D eigenvalue weighted by Crippen LogP contribution is 2.14. The maximum atomic E-state index is 12.2. The van der Waals surface area contributed by atoms with Gasteiger partial charge in [-0.25, -0.2) is 0 Å². The summed E-state index contributed by atoms with van der Waals surface area (Å²) in [6.07, 6.45) is 5.52. The molecule has 0 radical (unpaired) electrons. The Morgan fingerprint density at radius 2 is 2.26 bits per heavy atom. The number of phenolic OH excluding ortho intramolecular Hbond substituents is 1. The monoisotopic (exact) mass is 307 g/mol. The summed E-state index contributed by atoms with van der Waals surface area (Å²) >= 11 is 0. The van der Waals surface area contributed by atoms with Gasteiger partial charge in [0.25, 0.3) is 5.91 Å². The van der Waals surface area contributed by atoms with Crippen LogP contribution in [0.15, 0.2) is 54.4 Å². The van der Waals surface area contributed by atoms with Gasteiger partial charge in [-0.2, -0.15) is 5.26 Å². The Morgan fingerprint density at radius 3 is 2.91 bits per heavy atom. The number of phenols is 1. The fourth-order valence-electron chi connectivity index (χ4n) is 2.15. The van der Waals surface area contributed by atoms with Crippen molar-refractivity contribution < 1.29 is 9.90 Å². The molecule has 5 nitrogen and oxygen atoms in total. The summed E-state index contributed by atoms with van der Waals surface area (Å²) < 4.78 is 0. The molecule has 23 heavy (non-hydrogen) atoms. The zero-order chi connectivity index (χ0) is 16.7. The minimum atomic E-state index is -0.438. The van der Waals surface area contributed by atoms with E-state index in [2.05, 4.69) is 10.3 Å². The minimum absolute atomic E-state index is 0.00589. The number of amides is 1. The smallest absolute Gasteiger partial charge is 0.262 e. The quantitative estimate of drug-likeness (QED) is 0.656. The lowest BCUT2D eigenvalue weighted by molar-refractivity contribution is -0.117. The van der Waals surface area contributed by atoms with E-state index < -0.39 is 5.91 Å². The van der Waals surface area contributed by atoms with E-state index in [-0.39, 0.29) is 17.4 Å². The average Bonchev–Trinajstić information content (AvgIpc) is 2.53. The Hall–Kier alpha value is -3.13. The molecule has 0 spiro atoms. The van der Waals surface area contributed by atoms with Crippen molar-refractivity contribution in [2.45, 2.75) is 19.4 Å². The fraction of sp³-hybridized carbons (Fsp3) is 0.167. The van der Waals surface area contributed by atoms with Crippen LogP contribution in [0.2, 0.25) is 0 Å². The lowest BCUT2D eigenvalue weighted by atomic mass is 10.1. The van der Waals surface area contributed by atoms with Crippen LogP contribution in [0.5, 0.6) is 5.75 Å². The van der Waals surface area contributed by atoms with E-state index in [4.69, 9.17) is 0 Å². The highest BCUT2D eigenvalue weighted by atomic mass is 16.3. The molecule has 0 saturated carbocycles. The third-order valence-electron chi connectivity index (χ3n) is 3.19. The number of pyridine rings is 1. The molecule has 1 unspecified atom stereocenters. The van der Waals surface area contributed by atoms with Gasteiger partial charge in [-0.15, -0.1) is 0 Å².